The zero-order valence-corrected chi connectivity index (χ0v) is 18.6. The van der Waals surface area contributed by atoms with Crippen molar-refractivity contribution in [3.05, 3.63) is 53.2 Å². The number of amides is 2. The van der Waals surface area contributed by atoms with Gasteiger partial charge in [-0.2, -0.15) is 0 Å². The van der Waals surface area contributed by atoms with E-state index in [-0.39, 0.29) is 29.8 Å². The number of fused-ring (bicyclic) bond motifs is 1. The second kappa shape index (κ2) is 8.67. The predicted molar refractivity (Wildman–Crippen MR) is 120 cm³/mol. The predicted octanol–water partition coefficient (Wildman–Crippen LogP) is 3.41. The molecule has 0 radical (unpaired) electrons. The third kappa shape index (κ3) is 4.14. The van der Waals surface area contributed by atoms with E-state index in [9.17, 15) is 9.59 Å². The van der Waals surface area contributed by atoms with Crippen LogP contribution in [0.2, 0.25) is 0 Å². The first kappa shape index (κ1) is 21.3. The highest BCUT2D eigenvalue weighted by Gasteiger charge is 2.39. The van der Waals surface area contributed by atoms with Crippen LogP contribution in [-0.4, -0.2) is 54.0 Å². The quantitative estimate of drug-likeness (QED) is 0.821. The number of hydrogen-bond acceptors (Lipinski definition) is 5. The Labute approximate surface area is 183 Å². The molecule has 4 rings (SSSR count). The van der Waals surface area contributed by atoms with Gasteiger partial charge in [0.1, 0.15) is 5.82 Å². The van der Waals surface area contributed by atoms with E-state index in [2.05, 4.69) is 24.1 Å². The molecule has 7 nitrogen and oxygen atoms in total. The van der Waals surface area contributed by atoms with Gasteiger partial charge in [-0.05, 0) is 49.7 Å². The smallest absolute Gasteiger partial charge is 0.254 e. The minimum absolute atomic E-state index is 0.0000126. The van der Waals surface area contributed by atoms with Gasteiger partial charge in [0.15, 0.2) is 0 Å². The lowest BCUT2D eigenvalue weighted by Crippen LogP contribution is -2.48. The SMILES string of the molecule is CC(=O)N1c2ccc(C(=O)N3CCOCC3)cc2[C@H](Nc2cccc(C)n2)[C@@H](C)[C@@H]1C. The maximum absolute atomic E-state index is 13.1. The van der Waals surface area contributed by atoms with Gasteiger partial charge in [0.2, 0.25) is 5.91 Å². The minimum atomic E-state index is -0.0765. The summed E-state index contributed by atoms with van der Waals surface area (Å²) in [6.07, 6.45) is 0. The largest absolute Gasteiger partial charge is 0.378 e. The lowest BCUT2D eigenvalue weighted by Gasteiger charge is -2.44. The maximum Gasteiger partial charge on any atom is 0.254 e. The summed E-state index contributed by atoms with van der Waals surface area (Å²) in [5.74, 6) is 0.905. The van der Waals surface area contributed by atoms with Crippen LogP contribution in [0.4, 0.5) is 11.5 Å². The topological polar surface area (TPSA) is 74.8 Å². The van der Waals surface area contributed by atoms with Crippen LogP contribution < -0.4 is 10.2 Å². The molecule has 0 bridgehead atoms. The Hall–Kier alpha value is -2.93. The Balaban J connectivity index is 1.75. The highest BCUT2D eigenvalue weighted by Crippen LogP contribution is 2.42. The van der Waals surface area contributed by atoms with E-state index in [1.54, 1.807) is 6.92 Å². The number of morpholine rings is 1. The van der Waals surface area contributed by atoms with Crippen molar-refractivity contribution in [2.45, 2.75) is 39.8 Å². The molecule has 7 heteroatoms. The van der Waals surface area contributed by atoms with E-state index in [0.29, 0.717) is 31.9 Å². The summed E-state index contributed by atoms with van der Waals surface area (Å²) >= 11 is 0. The van der Waals surface area contributed by atoms with E-state index in [1.165, 1.54) is 0 Å². The number of carbonyl (C=O) groups is 2. The van der Waals surface area contributed by atoms with Crippen LogP contribution in [0, 0.1) is 12.8 Å². The second-order valence-corrected chi connectivity index (χ2v) is 8.45. The summed E-state index contributed by atoms with van der Waals surface area (Å²) in [7, 11) is 0. The molecule has 1 aromatic heterocycles. The van der Waals surface area contributed by atoms with Crippen LogP contribution in [0.5, 0.6) is 0 Å². The van der Waals surface area contributed by atoms with Crippen molar-refractivity contribution < 1.29 is 14.3 Å². The van der Waals surface area contributed by atoms with Crippen molar-refractivity contribution in [2.24, 2.45) is 5.92 Å². The number of ether oxygens (including phenoxy) is 1. The van der Waals surface area contributed by atoms with Crippen LogP contribution in [0.3, 0.4) is 0 Å². The van der Waals surface area contributed by atoms with Crippen LogP contribution in [0.15, 0.2) is 36.4 Å². The summed E-state index contributed by atoms with van der Waals surface area (Å²) in [4.78, 5) is 33.9. The third-order valence-corrected chi connectivity index (χ3v) is 6.39. The van der Waals surface area contributed by atoms with Crippen molar-refractivity contribution >= 4 is 23.3 Å². The molecule has 1 fully saturated rings. The summed E-state index contributed by atoms with van der Waals surface area (Å²) in [5, 5.41) is 3.57. The van der Waals surface area contributed by atoms with Crippen LogP contribution in [0.25, 0.3) is 0 Å². The molecular weight excluding hydrogens is 392 g/mol. The number of aryl methyl sites for hydroxylation is 1. The molecule has 3 heterocycles. The van der Waals surface area contributed by atoms with E-state index in [0.717, 1.165) is 22.8 Å². The normalized spacial score (nSPS) is 23.3. The van der Waals surface area contributed by atoms with E-state index in [4.69, 9.17) is 4.74 Å². The van der Waals surface area contributed by atoms with Gasteiger partial charge in [0.05, 0.1) is 19.3 Å². The standard InChI is InChI=1S/C24H30N4O3/c1-15-6-5-7-22(25-15)26-23-16(2)17(3)28(18(4)29)21-9-8-19(14-20(21)23)24(30)27-10-12-31-13-11-27/h5-9,14,16-17,23H,10-13H2,1-4H3,(H,25,26)/t16-,17-,23+/m0/s1. The van der Waals surface area contributed by atoms with E-state index >= 15 is 0 Å². The van der Waals surface area contributed by atoms with Gasteiger partial charge in [0, 0.05) is 48.9 Å². The second-order valence-electron chi connectivity index (χ2n) is 8.45. The number of pyridine rings is 1. The molecule has 0 aliphatic carbocycles. The molecule has 2 amide bonds. The van der Waals surface area contributed by atoms with Crippen molar-refractivity contribution in [1.82, 2.24) is 9.88 Å². The lowest BCUT2D eigenvalue weighted by molar-refractivity contribution is -0.117. The van der Waals surface area contributed by atoms with E-state index < -0.39 is 0 Å². The van der Waals surface area contributed by atoms with Crippen molar-refractivity contribution in [2.75, 3.05) is 36.5 Å². The molecule has 2 aliphatic rings. The number of nitrogens with one attached hydrogen (secondary N) is 1. The summed E-state index contributed by atoms with van der Waals surface area (Å²) in [6, 6.07) is 11.5. The molecule has 1 aromatic carbocycles. The monoisotopic (exact) mass is 422 g/mol. The lowest BCUT2D eigenvalue weighted by atomic mass is 9.82. The summed E-state index contributed by atoms with van der Waals surface area (Å²) < 4.78 is 5.38. The van der Waals surface area contributed by atoms with Gasteiger partial charge < -0.3 is 19.9 Å². The number of carbonyl (C=O) groups excluding carboxylic acids is 2. The number of aromatic nitrogens is 1. The third-order valence-electron chi connectivity index (χ3n) is 6.39. The molecular formula is C24H30N4O3. The first-order chi connectivity index (χ1) is 14.9. The van der Waals surface area contributed by atoms with Gasteiger partial charge in [0.25, 0.3) is 5.91 Å². The molecule has 1 N–H and O–H groups in total. The molecule has 164 valence electrons. The van der Waals surface area contributed by atoms with Crippen molar-refractivity contribution in [3.63, 3.8) is 0 Å². The Morgan fingerprint density at radius 3 is 2.55 bits per heavy atom. The van der Waals surface area contributed by atoms with Crippen molar-refractivity contribution in [3.8, 4) is 0 Å². The summed E-state index contributed by atoms with van der Waals surface area (Å²) in [6.45, 7) is 10.1. The molecule has 3 atom stereocenters. The Kier molecular flexibility index (Phi) is 5.96. The fourth-order valence-electron chi connectivity index (χ4n) is 4.57. The Morgan fingerprint density at radius 2 is 1.87 bits per heavy atom. The van der Waals surface area contributed by atoms with Gasteiger partial charge in [-0.1, -0.05) is 13.0 Å². The zero-order valence-electron chi connectivity index (χ0n) is 18.6. The molecule has 0 spiro atoms. The van der Waals surface area contributed by atoms with Crippen LogP contribution in [-0.2, 0) is 9.53 Å². The van der Waals surface area contributed by atoms with Gasteiger partial charge in [-0.3, -0.25) is 9.59 Å². The van der Waals surface area contributed by atoms with Gasteiger partial charge >= 0.3 is 0 Å². The number of hydrogen-bond donors (Lipinski definition) is 1. The highest BCUT2D eigenvalue weighted by molar-refractivity contribution is 5.98. The number of benzene rings is 1. The number of rotatable bonds is 3. The van der Waals surface area contributed by atoms with Crippen molar-refractivity contribution in [1.29, 1.82) is 0 Å². The minimum Gasteiger partial charge on any atom is -0.378 e. The average molecular weight is 423 g/mol. The molecule has 0 saturated carbocycles. The molecule has 2 aliphatic heterocycles. The maximum atomic E-state index is 13.1. The Morgan fingerprint density at radius 1 is 1.13 bits per heavy atom. The fourth-order valence-corrected chi connectivity index (χ4v) is 4.57. The zero-order chi connectivity index (χ0) is 22.1. The van der Waals surface area contributed by atoms with Gasteiger partial charge in [-0.15, -0.1) is 0 Å². The molecule has 31 heavy (non-hydrogen) atoms. The average Bonchev–Trinajstić information content (AvgIpc) is 2.76. The Bertz CT molecular complexity index is 987. The molecule has 1 saturated heterocycles. The van der Waals surface area contributed by atoms with E-state index in [1.807, 2.05) is 53.1 Å². The first-order valence-corrected chi connectivity index (χ1v) is 10.9. The highest BCUT2D eigenvalue weighted by atomic mass is 16.5. The number of anilines is 2. The molecule has 0 unspecified atom stereocenters. The summed E-state index contributed by atoms with van der Waals surface area (Å²) in [5.41, 5.74) is 3.36. The fraction of sp³-hybridized carbons (Fsp3) is 0.458. The van der Waals surface area contributed by atoms with Crippen LogP contribution in [0.1, 0.15) is 48.4 Å². The first-order valence-electron chi connectivity index (χ1n) is 10.9. The van der Waals surface area contributed by atoms with Gasteiger partial charge in [-0.25, -0.2) is 4.98 Å². The van der Waals surface area contributed by atoms with Crippen LogP contribution >= 0.6 is 0 Å². The number of nitrogens with zero attached hydrogens (tertiary/aromatic N) is 3. The molecule has 2 aromatic rings.